The molecule has 7 nitrogen and oxygen atoms in total. The second-order valence-corrected chi connectivity index (χ2v) is 5.65. The van der Waals surface area contributed by atoms with Crippen LogP contribution in [0.3, 0.4) is 0 Å². The molecule has 0 unspecified atom stereocenters. The van der Waals surface area contributed by atoms with Crippen LogP contribution in [0.25, 0.3) is 5.69 Å². The Morgan fingerprint density at radius 1 is 1.32 bits per heavy atom. The van der Waals surface area contributed by atoms with Gasteiger partial charge in [-0.1, -0.05) is 22.9 Å². The van der Waals surface area contributed by atoms with Gasteiger partial charge in [0.25, 0.3) is 5.91 Å². The molecule has 0 atom stereocenters. The average molecular weight is 300 g/mol. The number of aromatic nitrogens is 3. The molecule has 0 saturated heterocycles. The normalized spacial score (nSPS) is 15.3. The van der Waals surface area contributed by atoms with Gasteiger partial charge in [0.2, 0.25) is 0 Å². The zero-order valence-corrected chi connectivity index (χ0v) is 12.1. The third-order valence-corrected chi connectivity index (χ3v) is 3.92. The zero-order chi connectivity index (χ0) is 15.7. The van der Waals surface area contributed by atoms with Crippen LogP contribution in [0.15, 0.2) is 30.5 Å². The van der Waals surface area contributed by atoms with Crippen molar-refractivity contribution in [3.05, 3.63) is 41.7 Å². The van der Waals surface area contributed by atoms with Gasteiger partial charge in [-0.05, 0) is 31.9 Å². The number of benzene rings is 1. The summed E-state index contributed by atoms with van der Waals surface area (Å²) in [4.78, 5) is 23.1. The minimum absolute atomic E-state index is 0.124. The Morgan fingerprint density at radius 3 is 2.59 bits per heavy atom. The molecule has 1 fully saturated rings. The van der Waals surface area contributed by atoms with Gasteiger partial charge in [-0.2, -0.15) is 0 Å². The molecule has 1 aliphatic rings. The summed E-state index contributed by atoms with van der Waals surface area (Å²) in [6, 6.07) is 7.66. The molecule has 7 heteroatoms. The van der Waals surface area contributed by atoms with Crippen molar-refractivity contribution in [3.8, 4) is 5.69 Å². The number of carbonyl (C=O) groups is 2. The number of carboxylic acids is 1. The largest absolute Gasteiger partial charge is 0.481 e. The first kappa shape index (κ1) is 14.2. The van der Waals surface area contributed by atoms with Gasteiger partial charge < -0.3 is 10.4 Å². The molecule has 1 aliphatic carbocycles. The molecular weight excluding hydrogens is 284 g/mol. The highest BCUT2D eigenvalue weighted by atomic mass is 16.4. The lowest BCUT2D eigenvalue weighted by Crippen LogP contribution is -2.34. The van der Waals surface area contributed by atoms with Crippen molar-refractivity contribution in [2.24, 2.45) is 5.41 Å². The summed E-state index contributed by atoms with van der Waals surface area (Å²) >= 11 is 0. The highest BCUT2D eigenvalue weighted by molar-refractivity contribution is 5.92. The molecule has 0 bridgehead atoms. The second kappa shape index (κ2) is 5.25. The fourth-order valence-electron chi connectivity index (χ4n) is 2.15. The summed E-state index contributed by atoms with van der Waals surface area (Å²) in [5, 5.41) is 19.5. The lowest BCUT2D eigenvalue weighted by Gasteiger charge is -2.09. The first-order chi connectivity index (χ1) is 10.5. The maximum absolute atomic E-state index is 12.0. The van der Waals surface area contributed by atoms with Crippen LogP contribution in [0, 0.1) is 12.3 Å². The van der Waals surface area contributed by atoms with E-state index >= 15 is 0 Å². The van der Waals surface area contributed by atoms with E-state index in [-0.39, 0.29) is 12.2 Å². The average Bonchev–Trinajstić information content (AvgIpc) is 3.15. The monoisotopic (exact) mass is 300 g/mol. The summed E-state index contributed by atoms with van der Waals surface area (Å²) in [6.45, 7) is 2.11. The van der Waals surface area contributed by atoms with Crippen molar-refractivity contribution in [1.82, 2.24) is 20.3 Å². The van der Waals surface area contributed by atoms with Crippen LogP contribution < -0.4 is 5.32 Å². The first-order valence-corrected chi connectivity index (χ1v) is 7.01. The Labute approximate surface area is 126 Å². The van der Waals surface area contributed by atoms with E-state index in [2.05, 4.69) is 15.6 Å². The number of nitrogens with one attached hydrogen (secondary N) is 1. The molecule has 2 N–H and O–H groups in total. The van der Waals surface area contributed by atoms with Crippen molar-refractivity contribution >= 4 is 11.9 Å². The van der Waals surface area contributed by atoms with Gasteiger partial charge in [-0.25, -0.2) is 4.68 Å². The van der Waals surface area contributed by atoms with Gasteiger partial charge in [0, 0.05) is 6.54 Å². The van der Waals surface area contributed by atoms with Gasteiger partial charge >= 0.3 is 5.97 Å². The Bertz CT molecular complexity index is 717. The summed E-state index contributed by atoms with van der Waals surface area (Å²) in [6.07, 6.45) is 2.72. The molecule has 0 spiro atoms. The standard InChI is InChI=1S/C15H16N4O3/c1-10-2-4-11(5-3-10)19-8-12(17-18-19)13(20)16-9-15(6-7-15)14(21)22/h2-5,8H,6-7,9H2,1H3,(H,16,20)(H,21,22). The summed E-state index contributed by atoms with van der Waals surface area (Å²) in [5.41, 5.74) is 1.32. The van der Waals surface area contributed by atoms with E-state index in [1.807, 2.05) is 31.2 Å². The van der Waals surface area contributed by atoms with Crippen LogP contribution in [0.1, 0.15) is 28.9 Å². The number of aliphatic carboxylic acids is 1. The van der Waals surface area contributed by atoms with E-state index < -0.39 is 17.3 Å². The Morgan fingerprint density at radius 2 is 2.00 bits per heavy atom. The molecule has 1 aromatic heterocycles. The number of amides is 1. The summed E-state index contributed by atoms with van der Waals surface area (Å²) in [5.74, 6) is -1.28. The Kier molecular flexibility index (Phi) is 3.40. The van der Waals surface area contributed by atoms with Crippen LogP contribution in [-0.2, 0) is 4.79 Å². The minimum atomic E-state index is -0.865. The number of hydrogen-bond acceptors (Lipinski definition) is 4. The predicted molar refractivity (Wildman–Crippen MR) is 77.7 cm³/mol. The quantitative estimate of drug-likeness (QED) is 0.864. The number of nitrogens with zero attached hydrogens (tertiary/aromatic N) is 3. The fraction of sp³-hybridized carbons (Fsp3) is 0.333. The van der Waals surface area contributed by atoms with Crippen molar-refractivity contribution < 1.29 is 14.7 Å². The van der Waals surface area contributed by atoms with E-state index in [0.29, 0.717) is 12.8 Å². The Hall–Kier alpha value is -2.70. The van der Waals surface area contributed by atoms with E-state index in [1.165, 1.54) is 10.9 Å². The predicted octanol–water partition coefficient (Wildman–Crippen LogP) is 1.17. The highest BCUT2D eigenvalue weighted by Gasteiger charge is 2.50. The smallest absolute Gasteiger partial charge is 0.311 e. The van der Waals surface area contributed by atoms with Gasteiger partial charge in [0.15, 0.2) is 5.69 Å². The number of carbonyl (C=O) groups excluding carboxylic acids is 1. The number of aryl methyl sites for hydroxylation is 1. The fourth-order valence-corrected chi connectivity index (χ4v) is 2.15. The molecule has 0 radical (unpaired) electrons. The molecule has 1 heterocycles. The van der Waals surface area contributed by atoms with E-state index in [9.17, 15) is 9.59 Å². The topological polar surface area (TPSA) is 97.1 Å². The highest BCUT2D eigenvalue weighted by Crippen LogP contribution is 2.45. The summed E-state index contributed by atoms with van der Waals surface area (Å²) in [7, 11) is 0. The lowest BCUT2D eigenvalue weighted by molar-refractivity contribution is -0.143. The van der Waals surface area contributed by atoms with Crippen molar-refractivity contribution in [2.75, 3.05) is 6.54 Å². The van der Waals surface area contributed by atoms with Crippen molar-refractivity contribution in [3.63, 3.8) is 0 Å². The molecule has 1 saturated carbocycles. The van der Waals surface area contributed by atoms with Crippen LogP contribution in [0.2, 0.25) is 0 Å². The van der Waals surface area contributed by atoms with Gasteiger partial charge in [-0.15, -0.1) is 5.10 Å². The number of hydrogen-bond donors (Lipinski definition) is 2. The van der Waals surface area contributed by atoms with Crippen LogP contribution in [0.4, 0.5) is 0 Å². The van der Waals surface area contributed by atoms with E-state index in [1.54, 1.807) is 0 Å². The van der Waals surface area contributed by atoms with E-state index in [0.717, 1.165) is 11.3 Å². The minimum Gasteiger partial charge on any atom is -0.481 e. The number of carboxylic acid groups (broad SMARTS) is 1. The maximum Gasteiger partial charge on any atom is 0.311 e. The van der Waals surface area contributed by atoms with Crippen LogP contribution in [-0.4, -0.2) is 38.5 Å². The van der Waals surface area contributed by atoms with Crippen LogP contribution >= 0.6 is 0 Å². The van der Waals surface area contributed by atoms with Gasteiger partial charge in [-0.3, -0.25) is 9.59 Å². The van der Waals surface area contributed by atoms with Crippen molar-refractivity contribution in [2.45, 2.75) is 19.8 Å². The van der Waals surface area contributed by atoms with Crippen molar-refractivity contribution in [1.29, 1.82) is 0 Å². The third kappa shape index (κ3) is 2.69. The van der Waals surface area contributed by atoms with E-state index in [4.69, 9.17) is 5.11 Å². The molecule has 3 rings (SSSR count). The third-order valence-electron chi connectivity index (χ3n) is 3.92. The molecule has 0 aliphatic heterocycles. The molecular formula is C15H16N4O3. The molecule has 114 valence electrons. The SMILES string of the molecule is Cc1ccc(-n2cc(C(=O)NCC3(C(=O)O)CC3)nn2)cc1. The molecule has 1 aromatic carbocycles. The van der Waals surface area contributed by atoms with Gasteiger partial charge in [0.05, 0.1) is 17.3 Å². The van der Waals surface area contributed by atoms with Crippen LogP contribution in [0.5, 0.6) is 0 Å². The zero-order valence-electron chi connectivity index (χ0n) is 12.1. The number of rotatable bonds is 5. The molecule has 2 aromatic rings. The first-order valence-electron chi connectivity index (χ1n) is 7.01. The lowest BCUT2D eigenvalue weighted by atomic mass is 10.1. The molecule has 1 amide bonds. The second-order valence-electron chi connectivity index (χ2n) is 5.65. The Balaban J connectivity index is 1.67. The molecule has 22 heavy (non-hydrogen) atoms. The van der Waals surface area contributed by atoms with Gasteiger partial charge in [0.1, 0.15) is 0 Å². The maximum atomic E-state index is 12.0. The summed E-state index contributed by atoms with van der Waals surface area (Å²) < 4.78 is 1.51.